The molecule has 10 nitrogen and oxygen atoms in total. The van der Waals surface area contributed by atoms with E-state index in [-0.39, 0.29) is 13.0 Å². The normalized spacial score (nSPS) is 14.2. The summed E-state index contributed by atoms with van der Waals surface area (Å²) in [5, 5.41) is 8.84. The first kappa shape index (κ1) is 44.0. The van der Waals surface area contributed by atoms with Crippen molar-refractivity contribution in [3.8, 4) is 0 Å². The van der Waals surface area contributed by atoms with Crippen LogP contribution in [0.5, 0.6) is 0 Å². The quantitative estimate of drug-likeness (QED) is 0.0340. The maximum absolute atomic E-state index is 12.5. The van der Waals surface area contributed by atoms with Crippen molar-refractivity contribution in [1.82, 2.24) is 0 Å². The molecule has 0 aliphatic heterocycles. The Kier molecular flexibility index (Phi) is 30.8. The van der Waals surface area contributed by atoms with Crippen molar-refractivity contribution in [3.63, 3.8) is 0 Å². The average Bonchev–Trinajstić information content (AvgIpc) is 3.01. The number of esters is 1. The minimum atomic E-state index is -4.59. The first-order valence-corrected chi connectivity index (χ1v) is 19.6. The predicted octanol–water partition coefficient (Wildman–Crippen LogP) is 8.86. The van der Waals surface area contributed by atoms with Gasteiger partial charge >= 0.3 is 19.8 Å². The molecular formula is C34H68NO9P. The predicted molar refractivity (Wildman–Crippen MR) is 180 cm³/mol. The fourth-order valence-corrected chi connectivity index (χ4v) is 5.79. The molecule has 0 saturated heterocycles. The first-order chi connectivity index (χ1) is 21.7. The van der Waals surface area contributed by atoms with Crippen LogP contribution in [-0.2, 0) is 32.7 Å². The van der Waals surface area contributed by atoms with Gasteiger partial charge in [-0.3, -0.25) is 18.6 Å². The number of unbranched alkanes of at least 4 members (excludes halogenated alkanes) is 21. The molecule has 268 valence electrons. The molecule has 0 saturated carbocycles. The molecule has 0 aliphatic carbocycles. The van der Waals surface area contributed by atoms with Gasteiger partial charge in [0.2, 0.25) is 0 Å². The molecule has 0 aromatic carbocycles. The van der Waals surface area contributed by atoms with Gasteiger partial charge < -0.3 is 25.2 Å². The topological polar surface area (TPSA) is 155 Å². The van der Waals surface area contributed by atoms with Gasteiger partial charge in [-0.25, -0.2) is 4.57 Å². The van der Waals surface area contributed by atoms with Crippen LogP contribution in [0.4, 0.5) is 0 Å². The van der Waals surface area contributed by atoms with Gasteiger partial charge in [-0.2, -0.15) is 0 Å². The highest BCUT2D eigenvalue weighted by Crippen LogP contribution is 2.43. The zero-order chi connectivity index (χ0) is 33.4. The number of carbonyl (C=O) groups is 2. The molecular weight excluding hydrogens is 597 g/mol. The van der Waals surface area contributed by atoms with Crippen LogP contribution in [0.2, 0.25) is 0 Å². The molecule has 0 spiro atoms. The van der Waals surface area contributed by atoms with Gasteiger partial charge in [0.05, 0.1) is 19.8 Å². The van der Waals surface area contributed by atoms with E-state index in [0.717, 1.165) is 38.5 Å². The molecule has 0 amide bonds. The van der Waals surface area contributed by atoms with Gasteiger partial charge in [-0.05, 0) is 12.8 Å². The third kappa shape index (κ3) is 31.3. The summed E-state index contributed by atoms with van der Waals surface area (Å²) in [7, 11) is -4.59. The Morgan fingerprint density at radius 1 is 0.622 bits per heavy atom. The van der Waals surface area contributed by atoms with Crippen LogP contribution >= 0.6 is 7.82 Å². The summed E-state index contributed by atoms with van der Waals surface area (Å²) >= 11 is 0. The number of ether oxygens (including phenoxy) is 2. The van der Waals surface area contributed by atoms with Gasteiger partial charge in [0.25, 0.3) is 0 Å². The highest BCUT2D eigenvalue weighted by molar-refractivity contribution is 7.47. The number of carboxylic acids is 1. The third-order valence-electron chi connectivity index (χ3n) is 7.89. The number of hydrogen-bond donors (Lipinski definition) is 3. The lowest BCUT2D eigenvalue weighted by atomic mass is 10.0. The molecule has 11 heteroatoms. The van der Waals surface area contributed by atoms with Gasteiger partial charge in [-0.15, -0.1) is 0 Å². The SMILES string of the molecule is CCCCCCCCCCCCCCCCOC[C@H](COP(=O)(O)OC[C@H](N)C(=O)O)OC(=O)CCCCCCCCCCC. The smallest absolute Gasteiger partial charge is 0.472 e. The van der Waals surface area contributed by atoms with Crippen LogP contribution in [0.15, 0.2) is 0 Å². The fourth-order valence-electron chi connectivity index (χ4n) is 5.01. The summed E-state index contributed by atoms with van der Waals surface area (Å²) in [5.41, 5.74) is 5.32. The molecule has 0 aliphatic rings. The summed E-state index contributed by atoms with van der Waals surface area (Å²) in [6.07, 6.45) is 27.3. The van der Waals surface area contributed by atoms with E-state index >= 15 is 0 Å². The summed E-state index contributed by atoms with van der Waals surface area (Å²) in [6.45, 7) is 3.86. The van der Waals surface area contributed by atoms with Crippen molar-refractivity contribution in [2.24, 2.45) is 5.73 Å². The van der Waals surface area contributed by atoms with Gasteiger partial charge in [0.15, 0.2) is 0 Å². The second-order valence-electron chi connectivity index (χ2n) is 12.4. The molecule has 1 unspecified atom stereocenters. The Hall–Kier alpha value is -1.03. The number of carbonyl (C=O) groups excluding carboxylic acids is 1. The van der Waals surface area contributed by atoms with E-state index in [0.29, 0.717) is 6.61 Å². The largest absolute Gasteiger partial charge is 0.480 e. The van der Waals surface area contributed by atoms with E-state index < -0.39 is 45.1 Å². The minimum absolute atomic E-state index is 0.0244. The van der Waals surface area contributed by atoms with Crippen LogP contribution < -0.4 is 5.73 Å². The Morgan fingerprint density at radius 3 is 1.47 bits per heavy atom. The molecule has 0 radical (unpaired) electrons. The summed E-state index contributed by atoms with van der Waals surface area (Å²) in [5.74, 6) is -1.77. The lowest BCUT2D eigenvalue weighted by Gasteiger charge is -2.20. The zero-order valence-corrected chi connectivity index (χ0v) is 29.6. The van der Waals surface area contributed by atoms with Crippen molar-refractivity contribution in [3.05, 3.63) is 0 Å². The lowest BCUT2D eigenvalue weighted by Crippen LogP contribution is -2.34. The fraction of sp³-hybridized carbons (Fsp3) is 0.941. The van der Waals surface area contributed by atoms with E-state index in [9.17, 15) is 19.0 Å². The molecule has 45 heavy (non-hydrogen) atoms. The summed E-state index contributed by atoms with van der Waals surface area (Å²) < 4.78 is 33.1. The van der Waals surface area contributed by atoms with Crippen molar-refractivity contribution in [2.75, 3.05) is 26.4 Å². The molecule has 0 aromatic heterocycles. The Bertz CT molecular complexity index is 740. The molecule has 3 atom stereocenters. The number of hydrogen-bond acceptors (Lipinski definition) is 8. The maximum atomic E-state index is 12.5. The second-order valence-corrected chi connectivity index (χ2v) is 13.8. The van der Waals surface area contributed by atoms with E-state index in [1.54, 1.807) is 0 Å². The third-order valence-corrected chi connectivity index (χ3v) is 8.84. The highest BCUT2D eigenvalue weighted by Gasteiger charge is 2.27. The van der Waals surface area contributed by atoms with Gasteiger partial charge in [0.1, 0.15) is 12.1 Å². The number of aliphatic carboxylic acids is 1. The van der Waals surface area contributed by atoms with Crippen molar-refractivity contribution < 1.29 is 42.7 Å². The van der Waals surface area contributed by atoms with Crippen LogP contribution in [0.1, 0.15) is 168 Å². The Balaban J connectivity index is 4.27. The minimum Gasteiger partial charge on any atom is -0.480 e. The van der Waals surface area contributed by atoms with E-state index in [4.69, 9.17) is 24.8 Å². The standard InChI is InChI=1S/C34H68NO9P/c1-3-5-7-9-11-13-14-15-16-17-19-21-23-25-27-41-28-31(29-42-45(39,40)43-30-32(35)34(37)38)44-33(36)26-24-22-20-18-12-10-8-6-4-2/h31-32H,3-30,35H2,1-2H3,(H,37,38)(H,39,40)/t31-,32+/m1/s1. The lowest BCUT2D eigenvalue weighted by molar-refractivity contribution is -0.154. The van der Waals surface area contributed by atoms with Crippen molar-refractivity contribution >= 4 is 19.8 Å². The van der Waals surface area contributed by atoms with E-state index in [1.807, 2.05) is 0 Å². The highest BCUT2D eigenvalue weighted by atomic mass is 31.2. The maximum Gasteiger partial charge on any atom is 0.472 e. The van der Waals surface area contributed by atoms with Crippen LogP contribution in [0.25, 0.3) is 0 Å². The molecule has 0 fully saturated rings. The van der Waals surface area contributed by atoms with E-state index in [1.165, 1.54) is 109 Å². The zero-order valence-electron chi connectivity index (χ0n) is 28.7. The number of phosphoric acid groups is 1. The Morgan fingerprint density at radius 2 is 1.02 bits per heavy atom. The number of phosphoric ester groups is 1. The van der Waals surface area contributed by atoms with Gasteiger partial charge in [-0.1, -0.05) is 149 Å². The molecule has 0 rings (SSSR count). The number of rotatable bonds is 35. The van der Waals surface area contributed by atoms with Crippen molar-refractivity contribution in [1.29, 1.82) is 0 Å². The molecule has 0 heterocycles. The van der Waals surface area contributed by atoms with Gasteiger partial charge in [0, 0.05) is 13.0 Å². The van der Waals surface area contributed by atoms with Crippen molar-refractivity contribution in [2.45, 2.75) is 180 Å². The average molecular weight is 666 g/mol. The Labute approximate surface area is 274 Å². The van der Waals surface area contributed by atoms with Crippen LogP contribution in [0, 0.1) is 0 Å². The number of carboxylic acid groups (broad SMARTS) is 1. The monoisotopic (exact) mass is 665 g/mol. The summed E-state index contributed by atoms with van der Waals surface area (Å²) in [6, 6.07) is -1.47. The molecule has 4 N–H and O–H groups in total. The van der Waals surface area contributed by atoms with Crippen LogP contribution in [-0.4, -0.2) is 60.5 Å². The second kappa shape index (κ2) is 31.6. The molecule has 0 aromatic rings. The van der Waals surface area contributed by atoms with E-state index in [2.05, 4.69) is 18.4 Å². The first-order valence-electron chi connectivity index (χ1n) is 18.1. The van der Waals surface area contributed by atoms with Crippen LogP contribution in [0.3, 0.4) is 0 Å². The number of nitrogens with two attached hydrogens (primary N) is 1. The molecule has 0 bridgehead atoms. The summed E-state index contributed by atoms with van der Waals surface area (Å²) in [4.78, 5) is 33.2.